The number of carbonyl (C=O) groups excluding carboxylic acids is 1. The largest absolute Gasteiger partial charge is 0.419 e. The minimum atomic E-state index is -0.399. The van der Waals surface area contributed by atoms with Crippen molar-refractivity contribution in [3.05, 3.63) is 58.6 Å². The fourth-order valence-corrected chi connectivity index (χ4v) is 2.37. The zero-order chi connectivity index (χ0) is 16.4. The number of benzene rings is 2. The highest BCUT2D eigenvalue weighted by atomic mass is 16.4. The van der Waals surface area contributed by atoms with E-state index in [4.69, 9.17) is 4.42 Å². The summed E-state index contributed by atoms with van der Waals surface area (Å²) in [4.78, 5) is 23.7. The van der Waals surface area contributed by atoms with Crippen molar-refractivity contribution in [1.82, 2.24) is 4.57 Å². The van der Waals surface area contributed by atoms with Gasteiger partial charge in [0.1, 0.15) is 0 Å². The van der Waals surface area contributed by atoms with E-state index in [1.165, 1.54) is 4.57 Å². The van der Waals surface area contributed by atoms with Gasteiger partial charge in [-0.05, 0) is 38.1 Å². The summed E-state index contributed by atoms with van der Waals surface area (Å²) >= 11 is 0. The van der Waals surface area contributed by atoms with E-state index in [2.05, 4.69) is 10.6 Å². The third-order valence-corrected chi connectivity index (χ3v) is 3.55. The van der Waals surface area contributed by atoms with Gasteiger partial charge in [0.15, 0.2) is 5.58 Å². The first-order valence-electron chi connectivity index (χ1n) is 7.35. The zero-order valence-electron chi connectivity index (χ0n) is 12.9. The zero-order valence-corrected chi connectivity index (χ0v) is 12.9. The van der Waals surface area contributed by atoms with Crippen LogP contribution in [-0.4, -0.2) is 10.6 Å². The lowest BCUT2D eigenvalue weighted by atomic mass is 10.2. The molecule has 0 radical (unpaired) electrons. The summed E-state index contributed by atoms with van der Waals surface area (Å²) in [5.41, 5.74) is 3.54. The van der Waals surface area contributed by atoms with Crippen LogP contribution in [0.3, 0.4) is 0 Å². The first-order valence-corrected chi connectivity index (χ1v) is 7.35. The number of nitrogens with zero attached hydrogens (tertiary/aromatic N) is 1. The number of anilines is 2. The van der Waals surface area contributed by atoms with E-state index in [1.807, 2.05) is 38.1 Å². The standard InChI is InChI=1S/C17H17N3O3/c1-3-20-14-9-8-13(10-15(14)23-17(20)22)19-16(21)18-12-6-4-11(2)5-7-12/h4-10H,3H2,1-2H3,(H2,18,19,21). The lowest BCUT2D eigenvalue weighted by Crippen LogP contribution is -2.19. The molecule has 0 fully saturated rings. The molecule has 0 atom stereocenters. The van der Waals surface area contributed by atoms with Gasteiger partial charge in [0.05, 0.1) is 5.52 Å². The van der Waals surface area contributed by atoms with E-state index < -0.39 is 5.76 Å². The van der Waals surface area contributed by atoms with Crippen molar-refractivity contribution in [3.8, 4) is 0 Å². The number of rotatable bonds is 3. The molecular weight excluding hydrogens is 294 g/mol. The fraction of sp³-hybridized carbons (Fsp3) is 0.176. The van der Waals surface area contributed by atoms with Crippen molar-refractivity contribution in [2.75, 3.05) is 10.6 Å². The van der Waals surface area contributed by atoms with Crippen molar-refractivity contribution in [3.63, 3.8) is 0 Å². The molecule has 3 rings (SSSR count). The molecule has 23 heavy (non-hydrogen) atoms. The molecule has 3 aromatic rings. The Morgan fingerprint density at radius 2 is 1.74 bits per heavy atom. The number of oxazole rings is 1. The fourth-order valence-electron chi connectivity index (χ4n) is 2.37. The smallest absolute Gasteiger partial charge is 0.408 e. The van der Waals surface area contributed by atoms with Gasteiger partial charge >= 0.3 is 11.8 Å². The number of aromatic nitrogens is 1. The maximum atomic E-state index is 12.0. The predicted octanol–water partition coefficient (Wildman–Crippen LogP) is 3.57. The monoisotopic (exact) mass is 311 g/mol. The number of urea groups is 1. The third kappa shape index (κ3) is 3.11. The van der Waals surface area contributed by atoms with E-state index in [9.17, 15) is 9.59 Å². The Kier molecular flexibility index (Phi) is 3.89. The molecule has 2 aromatic carbocycles. The maximum absolute atomic E-state index is 12.0. The van der Waals surface area contributed by atoms with Crippen molar-refractivity contribution < 1.29 is 9.21 Å². The quantitative estimate of drug-likeness (QED) is 0.776. The molecule has 0 saturated carbocycles. The number of fused-ring (bicyclic) bond motifs is 1. The normalized spacial score (nSPS) is 10.7. The summed E-state index contributed by atoms with van der Waals surface area (Å²) in [6.45, 7) is 4.39. The second kappa shape index (κ2) is 6.00. The van der Waals surface area contributed by atoms with E-state index in [1.54, 1.807) is 18.2 Å². The molecule has 6 nitrogen and oxygen atoms in total. The molecule has 2 amide bonds. The predicted molar refractivity (Wildman–Crippen MR) is 90.0 cm³/mol. The van der Waals surface area contributed by atoms with Crippen LogP contribution >= 0.6 is 0 Å². The molecule has 1 heterocycles. The molecule has 6 heteroatoms. The summed E-state index contributed by atoms with van der Waals surface area (Å²) in [6, 6.07) is 12.3. The first kappa shape index (κ1) is 14.9. The lowest BCUT2D eigenvalue weighted by Gasteiger charge is -2.08. The second-order valence-corrected chi connectivity index (χ2v) is 5.24. The highest BCUT2D eigenvalue weighted by Gasteiger charge is 2.09. The van der Waals surface area contributed by atoms with Crippen LogP contribution in [-0.2, 0) is 6.54 Å². The summed E-state index contributed by atoms with van der Waals surface area (Å²) in [6.07, 6.45) is 0. The molecule has 0 unspecified atom stereocenters. The number of aryl methyl sites for hydroxylation is 2. The molecule has 0 spiro atoms. The summed E-state index contributed by atoms with van der Waals surface area (Å²) in [5, 5.41) is 5.47. The van der Waals surface area contributed by atoms with Crippen LogP contribution in [0.15, 0.2) is 51.7 Å². The van der Waals surface area contributed by atoms with Crippen LogP contribution in [0, 0.1) is 6.92 Å². The highest BCUT2D eigenvalue weighted by molar-refractivity contribution is 6.00. The minimum Gasteiger partial charge on any atom is -0.408 e. The van der Waals surface area contributed by atoms with Gasteiger partial charge in [-0.3, -0.25) is 4.57 Å². The van der Waals surface area contributed by atoms with Crippen molar-refractivity contribution >= 4 is 28.5 Å². The Morgan fingerprint density at radius 3 is 2.43 bits per heavy atom. The van der Waals surface area contributed by atoms with Gasteiger partial charge in [0.2, 0.25) is 0 Å². The molecule has 0 saturated heterocycles. The first-order chi connectivity index (χ1) is 11.1. The molecule has 0 aliphatic heterocycles. The number of amides is 2. The highest BCUT2D eigenvalue weighted by Crippen LogP contribution is 2.19. The third-order valence-electron chi connectivity index (χ3n) is 3.55. The molecular formula is C17H17N3O3. The number of hydrogen-bond donors (Lipinski definition) is 2. The molecule has 0 aliphatic rings. The van der Waals surface area contributed by atoms with Crippen LogP contribution < -0.4 is 16.4 Å². The van der Waals surface area contributed by atoms with Crippen molar-refractivity contribution in [2.45, 2.75) is 20.4 Å². The van der Waals surface area contributed by atoms with Gasteiger partial charge in [-0.25, -0.2) is 9.59 Å². The molecule has 118 valence electrons. The number of carbonyl (C=O) groups is 1. The van der Waals surface area contributed by atoms with Crippen LogP contribution in [0.4, 0.5) is 16.2 Å². The molecule has 2 N–H and O–H groups in total. The van der Waals surface area contributed by atoms with Gasteiger partial charge in [0, 0.05) is 24.0 Å². The minimum absolute atomic E-state index is 0.356. The van der Waals surface area contributed by atoms with Gasteiger partial charge < -0.3 is 15.1 Å². The van der Waals surface area contributed by atoms with Crippen molar-refractivity contribution in [1.29, 1.82) is 0 Å². The van der Waals surface area contributed by atoms with E-state index in [0.29, 0.717) is 29.0 Å². The van der Waals surface area contributed by atoms with Crippen LogP contribution in [0.2, 0.25) is 0 Å². The maximum Gasteiger partial charge on any atom is 0.419 e. The summed E-state index contributed by atoms with van der Waals surface area (Å²) in [7, 11) is 0. The van der Waals surface area contributed by atoms with E-state index in [-0.39, 0.29) is 6.03 Å². The Balaban J connectivity index is 1.77. The average Bonchev–Trinajstić information content (AvgIpc) is 2.83. The van der Waals surface area contributed by atoms with Crippen LogP contribution in [0.1, 0.15) is 12.5 Å². The number of nitrogens with one attached hydrogen (secondary N) is 2. The molecule has 0 aliphatic carbocycles. The van der Waals surface area contributed by atoms with Crippen LogP contribution in [0.5, 0.6) is 0 Å². The molecule has 0 bridgehead atoms. The number of hydrogen-bond acceptors (Lipinski definition) is 3. The second-order valence-electron chi connectivity index (χ2n) is 5.24. The Labute approximate surface area is 132 Å². The van der Waals surface area contributed by atoms with Gasteiger partial charge in [-0.2, -0.15) is 0 Å². The topological polar surface area (TPSA) is 76.3 Å². The average molecular weight is 311 g/mol. The van der Waals surface area contributed by atoms with Gasteiger partial charge in [-0.1, -0.05) is 17.7 Å². The lowest BCUT2D eigenvalue weighted by molar-refractivity contribution is 0.262. The summed E-state index contributed by atoms with van der Waals surface area (Å²) in [5.74, 6) is -0.399. The summed E-state index contributed by atoms with van der Waals surface area (Å²) < 4.78 is 6.71. The Hall–Kier alpha value is -3.02. The van der Waals surface area contributed by atoms with Crippen LogP contribution in [0.25, 0.3) is 11.1 Å². The Morgan fingerprint density at radius 1 is 1.09 bits per heavy atom. The molecule has 1 aromatic heterocycles. The van der Waals surface area contributed by atoms with E-state index in [0.717, 1.165) is 5.56 Å². The SMILES string of the molecule is CCn1c(=O)oc2cc(NC(=O)Nc3ccc(C)cc3)ccc21. The van der Waals surface area contributed by atoms with E-state index >= 15 is 0 Å². The van der Waals surface area contributed by atoms with Crippen molar-refractivity contribution in [2.24, 2.45) is 0 Å². The van der Waals surface area contributed by atoms with Gasteiger partial charge in [-0.15, -0.1) is 0 Å². The Bertz CT molecular complexity index is 907. The van der Waals surface area contributed by atoms with Gasteiger partial charge in [0.25, 0.3) is 0 Å².